The first-order chi connectivity index (χ1) is 7.88. The van der Waals surface area contributed by atoms with Gasteiger partial charge in [-0.25, -0.2) is 4.39 Å². The molecule has 1 rings (SSSR count). The smallest absolute Gasteiger partial charge is 0.314 e. The lowest BCUT2D eigenvalue weighted by Crippen LogP contribution is -2.27. The Bertz CT molecular complexity index is 440. The van der Waals surface area contributed by atoms with Crippen LogP contribution in [0.4, 0.5) is 10.1 Å². The fourth-order valence-electron chi connectivity index (χ4n) is 1.27. The lowest BCUT2D eigenvalue weighted by Gasteiger charge is -2.16. The average Bonchev–Trinajstić information content (AvgIpc) is 2.30. The summed E-state index contributed by atoms with van der Waals surface area (Å²) in [5.41, 5.74) is 3.97. The van der Waals surface area contributed by atoms with Crippen LogP contribution in [0.5, 0.6) is 5.75 Å². The molecular weight excluding hydrogens is 235 g/mol. The molecule has 0 saturated carbocycles. The van der Waals surface area contributed by atoms with Crippen LogP contribution >= 0.6 is 0 Å². The zero-order valence-electron chi connectivity index (χ0n) is 8.58. The molecule has 0 amide bonds. The number of phenolic OH excluding ortho intramolecular Hbond substituents is 1. The van der Waals surface area contributed by atoms with Crippen molar-refractivity contribution >= 4 is 5.69 Å². The van der Waals surface area contributed by atoms with Crippen LogP contribution in [0.1, 0.15) is 11.7 Å². The minimum absolute atomic E-state index is 0.232. The first-order valence-corrected chi connectivity index (χ1v) is 4.61. The van der Waals surface area contributed by atoms with Crippen molar-refractivity contribution in [2.24, 2.45) is 5.73 Å². The van der Waals surface area contributed by atoms with Gasteiger partial charge in [-0.15, -0.1) is 0 Å². The second-order valence-corrected chi connectivity index (χ2v) is 3.38. The first-order valence-electron chi connectivity index (χ1n) is 4.61. The standard InChI is InChI=1S/C9H11FN2O5/c10-5-1-4(8(14)7(13)3-11)2-6(9(5)15)12(16)17/h1-2,7-8,13-15H,3,11H2. The summed E-state index contributed by atoms with van der Waals surface area (Å²) in [6.07, 6.45) is -2.94. The van der Waals surface area contributed by atoms with Crippen LogP contribution < -0.4 is 5.73 Å². The maximum Gasteiger partial charge on any atom is 0.314 e. The van der Waals surface area contributed by atoms with Crippen molar-refractivity contribution in [3.8, 4) is 5.75 Å². The van der Waals surface area contributed by atoms with Crippen molar-refractivity contribution < 1.29 is 24.6 Å². The van der Waals surface area contributed by atoms with Crippen LogP contribution in [0.3, 0.4) is 0 Å². The summed E-state index contributed by atoms with van der Waals surface area (Å²) in [4.78, 5) is 9.50. The highest BCUT2D eigenvalue weighted by atomic mass is 19.1. The van der Waals surface area contributed by atoms with Crippen molar-refractivity contribution in [2.75, 3.05) is 6.54 Å². The van der Waals surface area contributed by atoms with E-state index in [0.29, 0.717) is 6.07 Å². The van der Waals surface area contributed by atoms with E-state index in [1.165, 1.54) is 0 Å². The van der Waals surface area contributed by atoms with Crippen molar-refractivity contribution in [1.29, 1.82) is 0 Å². The third-order valence-electron chi connectivity index (χ3n) is 2.21. The molecule has 0 bridgehead atoms. The molecule has 17 heavy (non-hydrogen) atoms. The van der Waals surface area contributed by atoms with E-state index in [0.717, 1.165) is 6.07 Å². The summed E-state index contributed by atoms with van der Waals surface area (Å²) in [5.74, 6) is -2.37. The Hall–Kier alpha value is -1.77. The highest BCUT2D eigenvalue weighted by Crippen LogP contribution is 2.32. The van der Waals surface area contributed by atoms with Gasteiger partial charge in [-0.1, -0.05) is 0 Å². The molecule has 0 aliphatic carbocycles. The summed E-state index contributed by atoms with van der Waals surface area (Å²) < 4.78 is 13.1. The number of rotatable bonds is 4. The molecule has 0 fully saturated rings. The Morgan fingerprint density at radius 3 is 2.53 bits per heavy atom. The van der Waals surface area contributed by atoms with Crippen molar-refractivity contribution in [3.05, 3.63) is 33.6 Å². The predicted molar refractivity (Wildman–Crippen MR) is 54.7 cm³/mol. The lowest BCUT2D eigenvalue weighted by atomic mass is 10.0. The summed E-state index contributed by atoms with van der Waals surface area (Å²) in [7, 11) is 0. The third kappa shape index (κ3) is 2.67. The van der Waals surface area contributed by atoms with E-state index in [9.17, 15) is 24.7 Å². The first kappa shape index (κ1) is 13.3. The number of nitro benzene ring substituents is 1. The third-order valence-corrected chi connectivity index (χ3v) is 2.21. The highest BCUT2D eigenvalue weighted by Gasteiger charge is 2.24. The van der Waals surface area contributed by atoms with Crippen LogP contribution in [0, 0.1) is 15.9 Å². The molecule has 5 N–H and O–H groups in total. The number of nitro groups is 1. The van der Waals surface area contributed by atoms with E-state index in [1.807, 2.05) is 0 Å². The van der Waals surface area contributed by atoms with Crippen molar-refractivity contribution in [1.82, 2.24) is 0 Å². The number of benzene rings is 1. The SMILES string of the molecule is NCC(O)C(O)c1cc(F)c(O)c([N+](=O)[O-])c1. The van der Waals surface area contributed by atoms with E-state index in [-0.39, 0.29) is 12.1 Å². The Balaban J connectivity index is 3.23. The number of aliphatic hydroxyl groups is 2. The number of nitrogens with two attached hydrogens (primary N) is 1. The summed E-state index contributed by atoms with van der Waals surface area (Å²) in [6, 6.07) is 1.48. The maximum absolute atomic E-state index is 13.1. The molecule has 94 valence electrons. The fraction of sp³-hybridized carbons (Fsp3) is 0.333. The van der Waals surface area contributed by atoms with E-state index < -0.39 is 34.4 Å². The number of hydrogen-bond acceptors (Lipinski definition) is 6. The van der Waals surface area contributed by atoms with E-state index >= 15 is 0 Å². The molecule has 0 heterocycles. The zero-order chi connectivity index (χ0) is 13.2. The minimum Gasteiger partial charge on any atom is -0.500 e. The number of aromatic hydroxyl groups is 1. The maximum atomic E-state index is 13.1. The van der Waals surface area contributed by atoms with Crippen LogP contribution in [0.2, 0.25) is 0 Å². The molecule has 1 aromatic rings. The minimum atomic E-state index is -1.56. The molecule has 7 nitrogen and oxygen atoms in total. The highest BCUT2D eigenvalue weighted by molar-refractivity contribution is 5.49. The Labute approximate surface area is 95.1 Å². The van der Waals surface area contributed by atoms with Crippen LogP contribution in [0.15, 0.2) is 12.1 Å². The van der Waals surface area contributed by atoms with Gasteiger partial charge in [0.2, 0.25) is 5.75 Å². The molecule has 0 aliphatic rings. The molecule has 0 spiro atoms. The molecule has 8 heteroatoms. The molecule has 1 aromatic carbocycles. The molecule has 0 aliphatic heterocycles. The van der Waals surface area contributed by atoms with Gasteiger partial charge in [-0.3, -0.25) is 10.1 Å². The van der Waals surface area contributed by atoms with Gasteiger partial charge < -0.3 is 21.1 Å². The Morgan fingerprint density at radius 2 is 2.06 bits per heavy atom. The van der Waals surface area contributed by atoms with Gasteiger partial charge in [0.15, 0.2) is 5.82 Å². The topological polar surface area (TPSA) is 130 Å². The normalized spacial score (nSPS) is 14.4. The van der Waals surface area contributed by atoms with E-state index in [1.54, 1.807) is 0 Å². The number of halogens is 1. The molecule has 0 aromatic heterocycles. The second kappa shape index (κ2) is 5.04. The van der Waals surface area contributed by atoms with E-state index in [4.69, 9.17) is 10.8 Å². The molecule has 2 unspecified atom stereocenters. The molecule has 0 radical (unpaired) electrons. The van der Waals surface area contributed by atoms with Gasteiger partial charge in [0.25, 0.3) is 0 Å². The average molecular weight is 246 g/mol. The summed E-state index contributed by atoms with van der Waals surface area (Å²) in [6.45, 7) is -0.294. The second-order valence-electron chi connectivity index (χ2n) is 3.38. The van der Waals surface area contributed by atoms with Gasteiger partial charge in [-0.2, -0.15) is 0 Å². The van der Waals surface area contributed by atoms with Gasteiger partial charge in [0.1, 0.15) is 6.10 Å². The van der Waals surface area contributed by atoms with Gasteiger partial charge in [0.05, 0.1) is 11.0 Å². The van der Waals surface area contributed by atoms with Crippen LogP contribution in [0.25, 0.3) is 0 Å². The number of nitrogens with zero attached hydrogens (tertiary/aromatic N) is 1. The monoisotopic (exact) mass is 246 g/mol. The molecule has 0 saturated heterocycles. The molecule has 2 atom stereocenters. The largest absolute Gasteiger partial charge is 0.500 e. The van der Waals surface area contributed by atoms with Gasteiger partial charge >= 0.3 is 5.69 Å². The van der Waals surface area contributed by atoms with Gasteiger partial charge in [0, 0.05) is 12.6 Å². The zero-order valence-corrected chi connectivity index (χ0v) is 8.58. The van der Waals surface area contributed by atoms with Crippen LogP contribution in [-0.2, 0) is 0 Å². The van der Waals surface area contributed by atoms with Crippen molar-refractivity contribution in [2.45, 2.75) is 12.2 Å². The quantitative estimate of drug-likeness (QED) is 0.429. The van der Waals surface area contributed by atoms with Gasteiger partial charge in [-0.05, 0) is 11.6 Å². The van der Waals surface area contributed by atoms with Crippen molar-refractivity contribution in [3.63, 3.8) is 0 Å². The van der Waals surface area contributed by atoms with Crippen LogP contribution in [-0.4, -0.2) is 32.9 Å². The predicted octanol–water partition coefficient (Wildman–Crippen LogP) is -0.207. The summed E-state index contributed by atoms with van der Waals surface area (Å²) >= 11 is 0. The molecular formula is C9H11FN2O5. The Morgan fingerprint density at radius 1 is 1.47 bits per heavy atom. The lowest BCUT2D eigenvalue weighted by molar-refractivity contribution is -0.386. The number of phenols is 1. The summed E-state index contributed by atoms with van der Waals surface area (Å²) in [5, 5.41) is 38.3. The van der Waals surface area contributed by atoms with E-state index in [2.05, 4.69) is 0 Å². The fourth-order valence-corrected chi connectivity index (χ4v) is 1.27. The number of hydrogen-bond donors (Lipinski definition) is 4. The number of aliphatic hydroxyl groups excluding tert-OH is 2. The Kier molecular flexibility index (Phi) is 3.94.